The second-order valence-electron chi connectivity index (χ2n) is 4.54. The van der Waals surface area contributed by atoms with E-state index in [1.165, 1.54) is 11.3 Å². The number of carbonyl (C=O) groups excluding carboxylic acids is 1. The van der Waals surface area contributed by atoms with Gasteiger partial charge in [0, 0.05) is 17.6 Å². The van der Waals surface area contributed by atoms with E-state index in [2.05, 4.69) is 10.3 Å². The first-order valence-corrected chi connectivity index (χ1v) is 6.92. The Morgan fingerprint density at radius 1 is 1.58 bits per heavy atom. The summed E-state index contributed by atoms with van der Waals surface area (Å²) in [6.07, 6.45) is 0.0952. The summed E-state index contributed by atoms with van der Waals surface area (Å²) in [6.45, 7) is 4.01. The molecule has 0 aliphatic carbocycles. The fourth-order valence-electron chi connectivity index (χ4n) is 1.73. The second-order valence-corrected chi connectivity index (χ2v) is 5.54. The highest BCUT2D eigenvalue weighted by Crippen LogP contribution is 2.32. The molecule has 0 bridgehead atoms. The van der Waals surface area contributed by atoms with Crippen LogP contribution in [-0.2, 0) is 0 Å². The van der Waals surface area contributed by atoms with Gasteiger partial charge in [0.2, 0.25) is 0 Å². The van der Waals surface area contributed by atoms with E-state index in [4.69, 9.17) is 10.8 Å². The normalized spacial score (nSPS) is 12.6. The predicted octanol–water partition coefficient (Wildman–Crippen LogP) is 1.69. The Morgan fingerprint density at radius 2 is 2.32 bits per heavy atom. The number of aliphatic hydroxyl groups excluding tert-OH is 1. The van der Waals surface area contributed by atoms with Gasteiger partial charge in [-0.05, 0) is 32.4 Å². The minimum absolute atomic E-state index is 0.209. The number of carbonyl (C=O) groups is 1. The van der Waals surface area contributed by atoms with Crippen molar-refractivity contribution in [3.8, 4) is 0 Å². The van der Waals surface area contributed by atoms with Crippen LogP contribution in [0.3, 0.4) is 0 Å². The Kier molecular flexibility index (Phi) is 4.01. The number of thiophene rings is 1. The Morgan fingerprint density at radius 3 is 3.00 bits per heavy atom. The maximum absolute atomic E-state index is 12.0. The number of nitrogens with two attached hydrogens (primary N) is 1. The third-order valence-corrected chi connectivity index (χ3v) is 3.90. The van der Waals surface area contributed by atoms with Crippen LogP contribution >= 0.6 is 11.3 Å². The second kappa shape index (κ2) is 5.54. The summed E-state index contributed by atoms with van der Waals surface area (Å²) in [7, 11) is 0. The van der Waals surface area contributed by atoms with Gasteiger partial charge in [0.05, 0.1) is 11.8 Å². The molecule has 1 unspecified atom stereocenters. The fourth-order valence-corrected chi connectivity index (χ4v) is 2.79. The summed E-state index contributed by atoms with van der Waals surface area (Å²) in [5.41, 5.74) is 7.35. The fraction of sp³-hybridized carbons (Fsp3) is 0.385. The van der Waals surface area contributed by atoms with Gasteiger partial charge in [-0.1, -0.05) is 0 Å². The number of fused-ring (bicyclic) bond motifs is 1. The van der Waals surface area contributed by atoms with Crippen molar-refractivity contribution in [2.75, 3.05) is 12.3 Å². The van der Waals surface area contributed by atoms with Crippen LogP contribution in [0.4, 0.5) is 5.69 Å². The first-order valence-electron chi connectivity index (χ1n) is 6.11. The highest BCUT2D eigenvalue weighted by molar-refractivity contribution is 7.21. The lowest BCUT2D eigenvalue weighted by Crippen LogP contribution is -2.26. The van der Waals surface area contributed by atoms with Crippen molar-refractivity contribution in [3.05, 3.63) is 22.7 Å². The molecule has 0 saturated carbocycles. The highest BCUT2D eigenvalue weighted by Gasteiger charge is 2.16. The molecule has 1 atom stereocenters. The summed E-state index contributed by atoms with van der Waals surface area (Å²) in [6, 6.07) is 3.76. The number of hydrogen-bond acceptors (Lipinski definition) is 5. The molecular formula is C13H17N3O2S. The third-order valence-electron chi connectivity index (χ3n) is 2.79. The smallest absolute Gasteiger partial charge is 0.263 e. The van der Waals surface area contributed by atoms with Gasteiger partial charge in [-0.15, -0.1) is 11.3 Å². The van der Waals surface area contributed by atoms with Crippen molar-refractivity contribution in [2.24, 2.45) is 0 Å². The van der Waals surface area contributed by atoms with Gasteiger partial charge in [-0.25, -0.2) is 4.98 Å². The Bertz CT molecular complexity index is 607. The van der Waals surface area contributed by atoms with E-state index in [-0.39, 0.29) is 5.91 Å². The molecule has 4 N–H and O–H groups in total. The van der Waals surface area contributed by atoms with E-state index < -0.39 is 6.10 Å². The van der Waals surface area contributed by atoms with Crippen molar-refractivity contribution in [2.45, 2.75) is 26.4 Å². The van der Waals surface area contributed by atoms with Crippen LogP contribution in [0.1, 0.15) is 28.7 Å². The molecule has 0 aromatic carbocycles. The number of nitrogen functional groups attached to an aromatic ring is 1. The van der Waals surface area contributed by atoms with Gasteiger partial charge >= 0.3 is 0 Å². The standard InChI is InChI=1S/C13H17N3O2S/c1-7-3-4-9-10(14)11(19-13(9)16-7)12(18)15-6-5-8(2)17/h3-4,8,17H,5-6,14H2,1-2H3,(H,15,18). The molecule has 2 heterocycles. The third kappa shape index (κ3) is 3.02. The molecule has 1 amide bonds. The van der Waals surface area contributed by atoms with Gasteiger partial charge in [0.1, 0.15) is 9.71 Å². The molecule has 0 spiro atoms. The largest absolute Gasteiger partial charge is 0.397 e. The molecule has 5 nitrogen and oxygen atoms in total. The number of hydrogen-bond donors (Lipinski definition) is 3. The van der Waals surface area contributed by atoms with Gasteiger partial charge < -0.3 is 16.2 Å². The molecule has 0 fully saturated rings. The van der Waals surface area contributed by atoms with Crippen molar-refractivity contribution in [1.82, 2.24) is 10.3 Å². The molecule has 0 saturated heterocycles. The molecule has 0 aliphatic heterocycles. The van der Waals surface area contributed by atoms with Crippen molar-refractivity contribution >= 4 is 33.1 Å². The van der Waals surface area contributed by atoms with Crippen LogP contribution < -0.4 is 11.1 Å². The summed E-state index contributed by atoms with van der Waals surface area (Å²) < 4.78 is 0. The van der Waals surface area contributed by atoms with Gasteiger partial charge in [0.25, 0.3) is 5.91 Å². The Hall–Kier alpha value is -1.66. The number of nitrogens with zero attached hydrogens (tertiary/aromatic N) is 1. The number of rotatable bonds is 4. The van der Waals surface area contributed by atoms with E-state index >= 15 is 0 Å². The zero-order chi connectivity index (χ0) is 14.0. The van der Waals surface area contributed by atoms with Crippen LogP contribution in [-0.4, -0.2) is 28.6 Å². The molecule has 0 aliphatic rings. The summed E-state index contributed by atoms with van der Waals surface area (Å²) in [5, 5.41) is 12.7. The minimum Gasteiger partial charge on any atom is -0.397 e. The van der Waals surface area contributed by atoms with Crippen LogP contribution in [0.15, 0.2) is 12.1 Å². The Labute approximate surface area is 115 Å². The number of aryl methyl sites for hydroxylation is 1. The number of amides is 1. The molecule has 2 aromatic rings. The van der Waals surface area contributed by atoms with E-state index in [0.717, 1.165) is 15.9 Å². The van der Waals surface area contributed by atoms with E-state index in [0.29, 0.717) is 23.5 Å². The number of aromatic nitrogens is 1. The van der Waals surface area contributed by atoms with Gasteiger partial charge in [-0.3, -0.25) is 4.79 Å². The van der Waals surface area contributed by atoms with Crippen LogP contribution in [0, 0.1) is 6.92 Å². The SMILES string of the molecule is Cc1ccc2c(N)c(C(=O)NCCC(C)O)sc2n1. The number of anilines is 1. The zero-order valence-corrected chi connectivity index (χ0v) is 11.8. The maximum Gasteiger partial charge on any atom is 0.263 e. The average molecular weight is 279 g/mol. The van der Waals surface area contributed by atoms with Crippen molar-refractivity contribution in [1.29, 1.82) is 0 Å². The van der Waals surface area contributed by atoms with Crippen molar-refractivity contribution in [3.63, 3.8) is 0 Å². The number of nitrogens with one attached hydrogen (secondary N) is 1. The molecule has 102 valence electrons. The lowest BCUT2D eigenvalue weighted by Gasteiger charge is -2.05. The van der Waals surface area contributed by atoms with E-state index in [9.17, 15) is 4.79 Å². The lowest BCUT2D eigenvalue weighted by molar-refractivity contribution is 0.0950. The van der Waals surface area contributed by atoms with Crippen LogP contribution in [0.5, 0.6) is 0 Å². The van der Waals surface area contributed by atoms with Gasteiger partial charge in [0.15, 0.2) is 0 Å². The average Bonchev–Trinajstić information content (AvgIpc) is 2.65. The summed E-state index contributed by atoms with van der Waals surface area (Å²) in [4.78, 5) is 17.6. The van der Waals surface area contributed by atoms with Crippen molar-refractivity contribution < 1.29 is 9.90 Å². The van der Waals surface area contributed by atoms with E-state index in [1.807, 2.05) is 19.1 Å². The molecule has 2 aromatic heterocycles. The van der Waals surface area contributed by atoms with Crippen LogP contribution in [0.25, 0.3) is 10.2 Å². The summed E-state index contributed by atoms with van der Waals surface area (Å²) in [5.74, 6) is -0.209. The molecule has 0 radical (unpaired) electrons. The first-order chi connectivity index (χ1) is 8.99. The number of pyridine rings is 1. The monoisotopic (exact) mass is 279 g/mol. The molecular weight excluding hydrogens is 262 g/mol. The maximum atomic E-state index is 12.0. The Balaban J connectivity index is 2.20. The van der Waals surface area contributed by atoms with E-state index in [1.54, 1.807) is 6.92 Å². The van der Waals surface area contributed by atoms with Gasteiger partial charge in [-0.2, -0.15) is 0 Å². The first kappa shape index (κ1) is 13.8. The quantitative estimate of drug-likeness (QED) is 0.794. The molecule has 19 heavy (non-hydrogen) atoms. The predicted molar refractivity (Wildman–Crippen MR) is 77.4 cm³/mol. The van der Waals surface area contributed by atoms with Crippen LogP contribution in [0.2, 0.25) is 0 Å². The molecule has 6 heteroatoms. The lowest BCUT2D eigenvalue weighted by atomic mass is 10.2. The number of aliphatic hydroxyl groups is 1. The zero-order valence-electron chi connectivity index (χ0n) is 10.9. The molecule has 2 rings (SSSR count). The minimum atomic E-state index is -0.427. The highest BCUT2D eigenvalue weighted by atomic mass is 32.1. The summed E-state index contributed by atoms with van der Waals surface area (Å²) >= 11 is 1.29. The topological polar surface area (TPSA) is 88.2 Å².